The number of ketones is 1. The van der Waals surface area contributed by atoms with E-state index in [1.807, 2.05) is 6.07 Å². The smallest absolute Gasteiger partial charge is 0.167 e. The molecule has 3 heteroatoms. The van der Waals surface area contributed by atoms with E-state index in [2.05, 4.69) is 0 Å². The monoisotopic (exact) mass is 242 g/mol. The summed E-state index contributed by atoms with van der Waals surface area (Å²) >= 11 is 0. The summed E-state index contributed by atoms with van der Waals surface area (Å²) in [5, 5.41) is 19.1. The average Bonchev–Trinajstić information content (AvgIpc) is 2.34. The maximum atomic E-state index is 12.0. The van der Waals surface area contributed by atoms with E-state index in [-0.39, 0.29) is 23.7 Å². The fraction of sp³-hybridized carbons (Fsp3) is 0.133. The maximum Gasteiger partial charge on any atom is 0.167 e. The molecule has 0 unspecified atom stereocenters. The molecule has 0 atom stereocenters. The number of carbonyl (C=O) groups is 1. The van der Waals surface area contributed by atoms with Gasteiger partial charge in [-0.25, -0.2) is 0 Å². The lowest BCUT2D eigenvalue weighted by Gasteiger charge is -2.08. The zero-order valence-electron chi connectivity index (χ0n) is 10.1. The largest absolute Gasteiger partial charge is 0.508 e. The maximum absolute atomic E-state index is 12.0. The first-order valence-corrected chi connectivity index (χ1v) is 5.67. The van der Waals surface area contributed by atoms with Crippen molar-refractivity contribution < 1.29 is 15.0 Å². The molecule has 0 radical (unpaired) electrons. The van der Waals surface area contributed by atoms with Crippen LogP contribution in [0.25, 0.3) is 0 Å². The number of rotatable bonds is 3. The van der Waals surface area contributed by atoms with Gasteiger partial charge in [-0.05, 0) is 18.6 Å². The lowest BCUT2D eigenvalue weighted by atomic mass is 9.98. The molecule has 2 rings (SSSR count). The average molecular weight is 242 g/mol. The Morgan fingerprint density at radius 1 is 1.11 bits per heavy atom. The molecule has 0 aliphatic carbocycles. The summed E-state index contributed by atoms with van der Waals surface area (Å²) in [6, 6.07) is 11.7. The Kier molecular flexibility index (Phi) is 3.33. The van der Waals surface area contributed by atoms with Gasteiger partial charge >= 0.3 is 0 Å². The number of aryl methyl sites for hydroxylation is 1. The zero-order valence-corrected chi connectivity index (χ0v) is 10.1. The van der Waals surface area contributed by atoms with Crippen LogP contribution < -0.4 is 0 Å². The molecule has 0 aliphatic heterocycles. The lowest BCUT2D eigenvalue weighted by molar-refractivity contribution is 0.0991. The molecule has 0 aliphatic rings. The molecule has 2 N–H and O–H groups in total. The van der Waals surface area contributed by atoms with Gasteiger partial charge in [0, 0.05) is 23.6 Å². The number of aromatic hydroxyl groups is 2. The molecule has 2 aromatic rings. The predicted octanol–water partition coefficient (Wildman–Crippen LogP) is 2.83. The Morgan fingerprint density at radius 3 is 2.39 bits per heavy atom. The minimum Gasteiger partial charge on any atom is -0.508 e. The molecule has 0 fully saturated rings. The fourth-order valence-electron chi connectivity index (χ4n) is 1.90. The van der Waals surface area contributed by atoms with Gasteiger partial charge in [-0.2, -0.15) is 0 Å². The van der Waals surface area contributed by atoms with Crippen molar-refractivity contribution in [3.05, 3.63) is 59.2 Å². The molecule has 92 valence electrons. The van der Waals surface area contributed by atoms with Crippen molar-refractivity contribution in [1.82, 2.24) is 0 Å². The first-order valence-electron chi connectivity index (χ1n) is 5.67. The van der Waals surface area contributed by atoms with Crippen LogP contribution in [0.4, 0.5) is 0 Å². The number of benzene rings is 2. The Morgan fingerprint density at radius 2 is 1.78 bits per heavy atom. The first-order chi connectivity index (χ1) is 8.58. The van der Waals surface area contributed by atoms with E-state index in [0.717, 1.165) is 0 Å². The normalized spacial score (nSPS) is 10.3. The van der Waals surface area contributed by atoms with Crippen molar-refractivity contribution in [2.24, 2.45) is 0 Å². The van der Waals surface area contributed by atoms with Gasteiger partial charge < -0.3 is 10.2 Å². The topological polar surface area (TPSA) is 57.5 Å². The number of phenolic OH excluding ortho intramolecular Hbond substituents is 2. The number of Topliss-reactive ketones (excluding diaryl/α,β-unsaturated/α-hetero) is 1. The molecular weight excluding hydrogens is 228 g/mol. The van der Waals surface area contributed by atoms with Gasteiger partial charge in [0.05, 0.1) is 0 Å². The molecule has 3 nitrogen and oxygen atoms in total. The summed E-state index contributed by atoms with van der Waals surface area (Å²) in [6.45, 7) is 1.76. The highest BCUT2D eigenvalue weighted by atomic mass is 16.3. The number of carbonyl (C=O) groups excluding carboxylic acids is 1. The number of hydrogen-bond donors (Lipinski definition) is 2. The van der Waals surface area contributed by atoms with Crippen molar-refractivity contribution in [3.8, 4) is 11.5 Å². The van der Waals surface area contributed by atoms with Crippen LogP contribution in [-0.4, -0.2) is 16.0 Å². The molecule has 0 amide bonds. The van der Waals surface area contributed by atoms with E-state index >= 15 is 0 Å². The van der Waals surface area contributed by atoms with Crippen LogP contribution in [0.3, 0.4) is 0 Å². The van der Waals surface area contributed by atoms with Crippen LogP contribution >= 0.6 is 0 Å². The highest BCUT2D eigenvalue weighted by Gasteiger charge is 2.13. The van der Waals surface area contributed by atoms with E-state index in [1.165, 1.54) is 12.1 Å². The highest BCUT2D eigenvalue weighted by molar-refractivity contribution is 5.97. The van der Waals surface area contributed by atoms with Crippen molar-refractivity contribution in [2.75, 3.05) is 0 Å². The van der Waals surface area contributed by atoms with E-state index in [9.17, 15) is 15.0 Å². The minimum absolute atomic E-state index is 0.000843. The van der Waals surface area contributed by atoms with Gasteiger partial charge in [-0.3, -0.25) is 4.79 Å². The van der Waals surface area contributed by atoms with Crippen LogP contribution in [0.15, 0.2) is 42.5 Å². The summed E-state index contributed by atoms with van der Waals surface area (Å²) in [4.78, 5) is 12.0. The lowest BCUT2D eigenvalue weighted by Crippen LogP contribution is -2.04. The first kappa shape index (κ1) is 12.2. The summed E-state index contributed by atoms with van der Waals surface area (Å²) in [5.74, 6) is -0.0996. The van der Waals surface area contributed by atoms with Crippen molar-refractivity contribution >= 4 is 5.78 Å². The molecule has 0 aromatic heterocycles. The molecule has 0 heterocycles. The third-order valence-electron chi connectivity index (χ3n) is 2.87. The molecule has 2 aromatic carbocycles. The summed E-state index contributed by atoms with van der Waals surface area (Å²) in [7, 11) is 0. The fourth-order valence-corrected chi connectivity index (χ4v) is 1.90. The Bertz CT molecular complexity index is 551. The Balaban J connectivity index is 2.28. The predicted molar refractivity (Wildman–Crippen MR) is 69.0 cm³/mol. The zero-order chi connectivity index (χ0) is 13.1. The van der Waals surface area contributed by atoms with E-state index in [1.54, 1.807) is 31.2 Å². The van der Waals surface area contributed by atoms with Crippen molar-refractivity contribution in [1.29, 1.82) is 0 Å². The van der Waals surface area contributed by atoms with Crippen LogP contribution in [0.5, 0.6) is 11.5 Å². The molecule has 0 spiro atoms. The van der Waals surface area contributed by atoms with Crippen molar-refractivity contribution in [2.45, 2.75) is 13.3 Å². The number of hydrogen-bond acceptors (Lipinski definition) is 3. The molecular formula is C15H14O3. The third-order valence-corrected chi connectivity index (χ3v) is 2.87. The number of phenols is 2. The van der Waals surface area contributed by atoms with Gasteiger partial charge in [0.25, 0.3) is 0 Å². The van der Waals surface area contributed by atoms with Gasteiger partial charge in [0.1, 0.15) is 11.5 Å². The minimum atomic E-state index is -0.0558. The molecule has 0 saturated carbocycles. The second-order valence-electron chi connectivity index (χ2n) is 4.23. The summed E-state index contributed by atoms with van der Waals surface area (Å²) in [6.07, 6.45) is 0.127. The quantitative estimate of drug-likeness (QED) is 0.814. The third kappa shape index (κ3) is 2.51. The second kappa shape index (κ2) is 4.92. The molecule has 0 bridgehead atoms. The van der Waals surface area contributed by atoms with Crippen molar-refractivity contribution in [3.63, 3.8) is 0 Å². The highest BCUT2D eigenvalue weighted by Crippen LogP contribution is 2.27. The SMILES string of the molecule is Cc1cc(O)cc(O)c1CC(=O)c1ccccc1. The van der Waals surface area contributed by atoms with Gasteiger partial charge in [0.15, 0.2) is 5.78 Å². The van der Waals surface area contributed by atoms with E-state index in [0.29, 0.717) is 16.7 Å². The molecule has 0 saturated heterocycles. The summed E-state index contributed by atoms with van der Waals surface area (Å²) < 4.78 is 0. The Hall–Kier alpha value is -2.29. The van der Waals surface area contributed by atoms with Crippen LogP contribution in [0, 0.1) is 6.92 Å². The standard InChI is InChI=1S/C15H14O3/c1-10-7-12(16)8-15(18)13(10)9-14(17)11-5-3-2-4-6-11/h2-8,16,18H,9H2,1H3. The van der Waals surface area contributed by atoms with Gasteiger partial charge in [-0.1, -0.05) is 30.3 Å². The Labute approximate surface area is 105 Å². The van der Waals surface area contributed by atoms with Crippen LogP contribution in [0.2, 0.25) is 0 Å². The van der Waals surface area contributed by atoms with Gasteiger partial charge in [0.2, 0.25) is 0 Å². The van der Waals surface area contributed by atoms with Crippen LogP contribution in [0.1, 0.15) is 21.5 Å². The van der Waals surface area contributed by atoms with Gasteiger partial charge in [-0.15, -0.1) is 0 Å². The van der Waals surface area contributed by atoms with E-state index in [4.69, 9.17) is 0 Å². The second-order valence-corrected chi connectivity index (χ2v) is 4.23. The van der Waals surface area contributed by atoms with Crippen LogP contribution in [-0.2, 0) is 6.42 Å². The molecule has 18 heavy (non-hydrogen) atoms. The summed E-state index contributed by atoms with van der Waals surface area (Å²) in [5.41, 5.74) is 1.88. The van der Waals surface area contributed by atoms with E-state index < -0.39 is 0 Å².